The molecule has 0 amide bonds. The van der Waals surface area contributed by atoms with E-state index >= 15 is 0 Å². The number of allylic oxidation sites excluding steroid dienone is 3. The highest BCUT2D eigenvalue weighted by molar-refractivity contribution is 5.79. The molecule has 6 atom stereocenters. The van der Waals surface area contributed by atoms with Gasteiger partial charge in [0.25, 0.3) is 0 Å². The zero-order chi connectivity index (χ0) is 19.8. The number of fused-ring (bicyclic) bond motifs is 4. The molecule has 29 heavy (non-hydrogen) atoms. The summed E-state index contributed by atoms with van der Waals surface area (Å²) in [5.74, 6) is 0.806. The Morgan fingerprint density at radius 1 is 1.24 bits per heavy atom. The first-order valence-electron chi connectivity index (χ1n) is 11.4. The molecule has 0 spiro atoms. The highest BCUT2D eigenvalue weighted by Crippen LogP contribution is 2.48. The van der Waals surface area contributed by atoms with E-state index in [1.807, 2.05) is 0 Å². The summed E-state index contributed by atoms with van der Waals surface area (Å²) in [6, 6.07) is 0. The first-order valence-corrected chi connectivity index (χ1v) is 11.4. The zero-order valence-electron chi connectivity index (χ0n) is 17.1. The summed E-state index contributed by atoms with van der Waals surface area (Å²) in [7, 11) is 0. The van der Waals surface area contributed by atoms with Gasteiger partial charge in [-0.2, -0.15) is 0 Å². The van der Waals surface area contributed by atoms with E-state index in [9.17, 15) is 9.59 Å². The highest BCUT2D eigenvalue weighted by Gasteiger charge is 2.46. The van der Waals surface area contributed by atoms with Crippen molar-refractivity contribution in [3.05, 3.63) is 23.3 Å². The van der Waals surface area contributed by atoms with Gasteiger partial charge in [-0.25, -0.2) is 0 Å². The molecular formula is C24H32O5. The van der Waals surface area contributed by atoms with E-state index in [1.54, 1.807) is 5.57 Å². The van der Waals surface area contributed by atoms with Gasteiger partial charge in [-0.1, -0.05) is 23.3 Å². The Bertz CT molecular complexity index is 725. The number of hydrogen-bond donors (Lipinski definition) is 0. The molecule has 5 heteroatoms. The van der Waals surface area contributed by atoms with E-state index in [2.05, 4.69) is 12.2 Å². The van der Waals surface area contributed by atoms with Crippen LogP contribution in [0, 0.1) is 23.2 Å². The molecule has 1 saturated heterocycles. The first-order chi connectivity index (χ1) is 14.1. The van der Waals surface area contributed by atoms with Crippen molar-refractivity contribution in [2.45, 2.75) is 76.6 Å². The van der Waals surface area contributed by atoms with E-state index < -0.39 is 5.41 Å². The lowest BCUT2D eigenvalue weighted by Crippen LogP contribution is -2.41. The second kappa shape index (κ2) is 7.99. The molecule has 1 heterocycles. The first kappa shape index (κ1) is 19.5. The third kappa shape index (κ3) is 3.96. The lowest BCUT2D eigenvalue weighted by molar-refractivity contribution is -0.163. The molecule has 4 aliphatic carbocycles. The Hall–Kier alpha value is -1.46. The lowest BCUT2D eigenvalue weighted by Gasteiger charge is -2.40. The van der Waals surface area contributed by atoms with Crippen molar-refractivity contribution in [3.8, 4) is 0 Å². The average molecular weight is 401 g/mol. The molecule has 4 bridgehead atoms. The Morgan fingerprint density at radius 3 is 3.00 bits per heavy atom. The molecule has 3 fully saturated rings. The Labute approximate surface area is 172 Å². The fraction of sp³-hybridized carbons (Fsp3) is 0.750. The molecule has 0 N–H and O–H groups in total. The quantitative estimate of drug-likeness (QED) is 0.395. The van der Waals surface area contributed by atoms with Gasteiger partial charge >= 0.3 is 5.97 Å². The van der Waals surface area contributed by atoms with Crippen LogP contribution in [0.1, 0.15) is 64.2 Å². The van der Waals surface area contributed by atoms with Crippen LogP contribution in [0.4, 0.5) is 0 Å². The number of carbonyl (C=O) groups is 2. The summed E-state index contributed by atoms with van der Waals surface area (Å²) >= 11 is 0. The number of aldehydes is 1. The molecule has 0 aromatic carbocycles. The largest absolute Gasteiger partial charge is 0.462 e. The van der Waals surface area contributed by atoms with Crippen LogP contribution in [0.25, 0.3) is 0 Å². The van der Waals surface area contributed by atoms with E-state index in [4.69, 9.17) is 14.2 Å². The predicted octanol–water partition coefficient (Wildman–Crippen LogP) is 4.11. The highest BCUT2D eigenvalue weighted by atomic mass is 16.7. The maximum absolute atomic E-state index is 13.0. The van der Waals surface area contributed by atoms with Gasteiger partial charge in [0, 0.05) is 11.8 Å². The maximum Gasteiger partial charge on any atom is 0.312 e. The number of hydrogen-bond acceptors (Lipinski definition) is 5. The molecule has 158 valence electrons. The van der Waals surface area contributed by atoms with Gasteiger partial charge < -0.3 is 19.0 Å². The molecule has 0 aromatic heterocycles. The Morgan fingerprint density at radius 2 is 2.14 bits per heavy atom. The van der Waals surface area contributed by atoms with Gasteiger partial charge in [-0.15, -0.1) is 0 Å². The van der Waals surface area contributed by atoms with Crippen LogP contribution in [-0.2, 0) is 23.8 Å². The number of ether oxygens (including phenoxy) is 3. The summed E-state index contributed by atoms with van der Waals surface area (Å²) in [5.41, 5.74) is 2.30. The molecule has 5 nitrogen and oxygen atoms in total. The second-order valence-electron chi connectivity index (χ2n) is 9.88. The Kier molecular flexibility index (Phi) is 5.37. The molecule has 0 radical (unpaired) electrons. The van der Waals surface area contributed by atoms with E-state index in [1.165, 1.54) is 31.3 Å². The summed E-state index contributed by atoms with van der Waals surface area (Å²) in [6.45, 7) is 0.728. The van der Waals surface area contributed by atoms with Gasteiger partial charge in [0.1, 0.15) is 19.0 Å². The third-order valence-corrected chi connectivity index (χ3v) is 7.64. The second-order valence-corrected chi connectivity index (χ2v) is 9.88. The third-order valence-electron chi connectivity index (χ3n) is 7.64. The van der Waals surface area contributed by atoms with Gasteiger partial charge in [0.05, 0.1) is 12.0 Å². The predicted molar refractivity (Wildman–Crippen MR) is 107 cm³/mol. The Balaban J connectivity index is 1.16. The summed E-state index contributed by atoms with van der Waals surface area (Å²) in [4.78, 5) is 24.3. The van der Waals surface area contributed by atoms with E-state index in [0.29, 0.717) is 18.9 Å². The minimum absolute atomic E-state index is 0.152. The fourth-order valence-corrected chi connectivity index (χ4v) is 6.33. The summed E-state index contributed by atoms with van der Waals surface area (Å²) in [5, 5.41) is 0. The van der Waals surface area contributed by atoms with Crippen LogP contribution >= 0.6 is 0 Å². The van der Waals surface area contributed by atoms with Crippen LogP contribution in [0.2, 0.25) is 0 Å². The van der Waals surface area contributed by atoms with Crippen molar-refractivity contribution < 1.29 is 23.8 Å². The lowest BCUT2D eigenvalue weighted by atomic mass is 9.63. The topological polar surface area (TPSA) is 61.8 Å². The minimum Gasteiger partial charge on any atom is -0.462 e. The van der Waals surface area contributed by atoms with Crippen molar-refractivity contribution in [1.82, 2.24) is 0 Å². The molecular weight excluding hydrogens is 368 g/mol. The molecule has 2 saturated carbocycles. The number of esters is 1. The van der Waals surface area contributed by atoms with E-state index in [0.717, 1.165) is 44.3 Å². The zero-order valence-corrected chi connectivity index (χ0v) is 17.1. The smallest absolute Gasteiger partial charge is 0.312 e. The SMILES string of the molecule is O=CC1C=C2CCCC(C(=O)OCC3COC(C4C=C5CCCC(C5)C4)O3)(C2)C1. The van der Waals surface area contributed by atoms with E-state index in [-0.39, 0.29) is 30.9 Å². The van der Waals surface area contributed by atoms with Crippen molar-refractivity contribution in [2.75, 3.05) is 13.2 Å². The van der Waals surface area contributed by atoms with Crippen molar-refractivity contribution in [3.63, 3.8) is 0 Å². The minimum atomic E-state index is -0.516. The average Bonchev–Trinajstić information content (AvgIpc) is 3.20. The monoisotopic (exact) mass is 400 g/mol. The standard InChI is InChI=1S/C24H32O5/c25-13-19-8-18-5-2-6-24(11-18,12-19)23(26)28-15-21-14-27-22(29-21)20-9-16-3-1-4-17(7-16)10-20/h8-9,13,17,19-22H,1-7,10-12,14-15H2. The molecule has 5 rings (SSSR count). The van der Waals surface area contributed by atoms with Gasteiger partial charge in [0.15, 0.2) is 6.29 Å². The number of carbonyl (C=O) groups excluding carboxylic acids is 2. The van der Waals surface area contributed by atoms with Crippen molar-refractivity contribution in [2.24, 2.45) is 23.2 Å². The van der Waals surface area contributed by atoms with Gasteiger partial charge in [-0.3, -0.25) is 4.79 Å². The maximum atomic E-state index is 13.0. The van der Waals surface area contributed by atoms with Crippen LogP contribution in [0.15, 0.2) is 23.3 Å². The van der Waals surface area contributed by atoms with Crippen molar-refractivity contribution >= 4 is 12.3 Å². The van der Waals surface area contributed by atoms with Crippen LogP contribution in [-0.4, -0.2) is 37.9 Å². The summed E-state index contributed by atoms with van der Waals surface area (Å²) < 4.78 is 17.8. The molecule has 1 aliphatic heterocycles. The molecule has 6 unspecified atom stereocenters. The van der Waals surface area contributed by atoms with Gasteiger partial charge in [0.2, 0.25) is 0 Å². The van der Waals surface area contributed by atoms with Crippen LogP contribution < -0.4 is 0 Å². The van der Waals surface area contributed by atoms with Gasteiger partial charge in [-0.05, 0) is 70.1 Å². The molecule has 5 aliphatic rings. The van der Waals surface area contributed by atoms with Crippen LogP contribution in [0.5, 0.6) is 0 Å². The molecule has 0 aromatic rings. The van der Waals surface area contributed by atoms with Crippen molar-refractivity contribution in [1.29, 1.82) is 0 Å². The fourth-order valence-electron chi connectivity index (χ4n) is 6.33. The number of rotatable bonds is 5. The van der Waals surface area contributed by atoms with Crippen LogP contribution in [0.3, 0.4) is 0 Å². The summed E-state index contributed by atoms with van der Waals surface area (Å²) in [6.07, 6.45) is 15.4. The normalized spacial score (nSPS) is 41.3.